The van der Waals surface area contributed by atoms with Crippen LogP contribution in [0.25, 0.3) is 0 Å². The molecule has 1 aliphatic rings. The van der Waals surface area contributed by atoms with Gasteiger partial charge in [-0.05, 0) is 6.42 Å². The maximum atomic E-state index is 11.5. The normalized spacial score (nSPS) is 21.8. The Morgan fingerprint density at radius 1 is 1.24 bits per heavy atom. The lowest BCUT2D eigenvalue weighted by Crippen LogP contribution is -2.54. The van der Waals surface area contributed by atoms with Crippen LogP contribution >= 0.6 is 0 Å². The molecule has 1 fully saturated rings. The van der Waals surface area contributed by atoms with Crippen molar-refractivity contribution in [3.05, 3.63) is 0 Å². The van der Waals surface area contributed by atoms with Crippen LogP contribution in [0.4, 0.5) is 0 Å². The fourth-order valence-corrected chi connectivity index (χ4v) is 1.91. The van der Waals surface area contributed by atoms with Gasteiger partial charge in [0, 0.05) is 38.0 Å². The van der Waals surface area contributed by atoms with Crippen LogP contribution in [0, 0.1) is 5.92 Å². The van der Waals surface area contributed by atoms with Crippen LogP contribution in [0.15, 0.2) is 0 Å². The van der Waals surface area contributed by atoms with E-state index in [-0.39, 0.29) is 18.9 Å². The number of nitrogens with one attached hydrogen (secondary N) is 2. The molecule has 1 rings (SSSR count). The van der Waals surface area contributed by atoms with E-state index in [4.69, 9.17) is 10.2 Å². The van der Waals surface area contributed by atoms with Gasteiger partial charge < -0.3 is 20.8 Å². The summed E-state index contributed by atoms with van der Waals surface area (Å²) in [6.07, 6.45) is -0.165. The van der Waals surface area contributed by atoms with Gasteiger partial charge in [0.15, 0.2) is 0 Å². The molecule has 96 valence electrons. The lowest BCUT2D eigenvalue weighted by atomic mass is 9.89. The highest BCUT2D eigenvalue weighted by Gasteiger charge is 2.33. The van der Waals surface area contributed by atoms with E-state index in [0.717, 1.165) is 6.54 Å². The predicted molar refractivity (Wildman–Crippen MR) is 57.7 cm³/mol. The van der Waals surface area contributed by atoms with Crippen molar-refractivity contribution in [3.8, 4) is 0 Å². The average molecular weight is 244 g/mol. The van der Waals surface area contributed by atoms with Gasteiger partial charge in [-0.3, -0.25) is 9.59 Å². The van der Waals surface area contributed by atoms with Gasteiger partial charge in [-0.15, -0.1) is 0 Å². The van der Waals surface area contributed by atoms with E-state index < -0.39 is 23.6 Å². The topological polar surface area (TPSA) is 116 Å². The number of ketones is 1. The van der Waals surface area contributed by atoms with Gasteiger partial charge in [0.25, 0.3) is 0 Å². The van der Waals surface area contributed by atoms with Crippen LogP contribution in [0.1, 0.15) is 12.8 Å². The Bertz CT molecular complexity index is 312. The molecule has 4 N–H and O–H groups in total. The van der Waals surface area contributed by atoms with Crippen LogP contribution in [0.5, 0.6) is 0 Å². The van der Waals surface area contributed by atoms with Gasteiger partial charge in [-0.1, -0.05) is 0 Å². The smallest absolute Gasteiger partial charge is 0.372 e. The summed E-state index contributed by atoms with van der Waals surface area (Å²) < 4.78 is 0. The summed E-state index contributed by atoms with van der Waals surface area (Å²) in [5.74, 6) is -4.26. The molecule has 0 aromatic carbocycles. The molecule has 2 atom stereocenters. The first-order valence-corrected chi connectivity index (χ1v) is 5.45. The van der Waals surface area contributed by atoms with Gasteiger partial charge in [0.1, 0.15) is 0 Å². The Morgan fingerprint density at radius 3 is 2.41 bits per heavy atom. The van der Waals surface area contributed by atoms with Gasteiger partial charge in [-0.2, -0.15) is 0 Å². The molecule has 17 heavy (non-hydrogen) atoms. The van der Waals surface area contributed by atoms with E-state index in [0.29, 0.717) is 13.1 Å². The zero-order valence-corrected chi connectivity index (χ0v) is 9.31. The number of carbonyl (C=O) groups excluding carboxylic acids is 1. The molecule has 0 aliphatic carbocycles. The Kier molecular flexibility index (Phi) is 5.05. The number of rotatable bonds is 6. The van der Waals surface area contributed by atoms with Gasteiger partial charge in [-0.25, -0.2) is 4.79 Å². The van der Waals surface area contributed by atoms with Gasteiger partial charge in [0.05, 0.1) is 0 Å². The molecule has 0 radical (unpaired) electrons. The molecule has 1 heterocycles. The van der Waals surface area contributed by atoms with Crippen LogP contribution in [0.2, 0.25) is 0 Å². The molecule has 7 heteroatoms. The average Bonchev–Trinajstić information content (AvgIpc) is 2.30. The maximum Gasteiger partial charge on any atom is 0.372 e. The van der Waals surface area contributed by atoms with Crippen molar-refractivity contribution in [1.82, 2.24) is 10.6 Å². The molecule has 0 spiro atoms. The standard InChI is InChI=1S/C10H16N2O5/c13-8(14)2-1-6(9(15)10(16)17)7-5-11-3-4-12-7/h6-7,11-12H,1-5H2,(H,13,14)(H,16,17). The minimum atomic E-state index is -1.51. The van der Waals surface area contributed by atoms with Crippen molar-refractivity contribution >= 4 is 17.7 Å². The molecule has 0 bridgehead atoms. The zero-order valence-electron chi connectivity index (χ0n) is 9.31. The second-order valence-corrected chi connectivity index (χ2v) is 3.97. The summed E-state index contributed by atoms with van der Waals surface area (Å²) in [7, 11) is 0. The molecule has 1 aliphatic heterocycles. The van der Waals surface area contributed by atoms with E-state index >= 15 is 0 Å². The largest absolute Gasteiger partial charge is 0.481 e. The number of aliphatic carboxylic acids is 2. The molecule has 0 aromatic rings. The lowest BCUT2D eigenvalue weighted by Gasteiger charge is -2.29. The van der Waals surface area contributed by atoms with Crippen LogP contribution < -0.4 is 10.6 Å². The molecule has 7 nitrogen and oxygen atoms in total. The highest BCUT2D eigenvalue weighted by Crippen LogP contribution is 2.14. The van der Waals surface area contributed by atoms with E-state index in [2.05, 4.69) is 10.6 Å². The summed E-state index contributed by atoms with van der Waals surface area (Å²) in [6, 6.07) is -0.313. The monoisotopic (exact) mass is 244 g/mol. The molecular weight excluding hydrogens is 228 g/mol. The number of hydrogen-bond acceptors (Lipinski definition) is 5. The quantitative estimate of drug-likeness (QED) is 0.428. The predicted octanol–water partition coefficient (Wildman–Crippen LogP) is -1.32. The van der Waals surface area contributed by atoms with E-state index in [9.17, 15) is 14.4 Å². The van der Waals surface area contributed by atoms with E-state index in [1.165, 1.54) is 0 Å². The van der Waals surface area contributed by atoms with Gasteiger partial charge >= 0.3 is 11.9 Å². The third kappa shape index (κ3) is 4.12. The Labute approximate surface area is 98.2 Å². The summed E-state index contributed by atoms with van der Waals surface area (Å²) >= 11 is 0. The van der Waals surface area contributed by atoms with E-state index in [1.807, 2.05) is 0 Å². The summed E-state index contributed by atoms with van der Waals surface area (Å²) in [4.78, 5) is 32.7. The lowest BCUT2D eigenvalue weighted by molar-refractivity contribution is -0.152. The third-order valence-electron chi connectivity index (χ3n) is 2.78. The SMILES string of the molecule is O=C(O)CCC(C(=O)C(=O)O)C1CNCCN1. The van der Waals surface area contributed by atoms with Crippen molar-refractivity contribution in [3.63, 3.8) is 0 Å². The fraction of sp³-hybridized carbons (Fsp3) is 0.700. The molecule has 0 saturated carbocycles. The van der Waals surface area contributed by atoms with E-state index in [1.54, 1.807) is 0 Å². The van der Waals surface area contributed by atoms with Crippen molar-refractivity contribution in [2.75, 3.05) is 19.6 Å². The van der Waals surface area contributed by atoms with Crippen LogP contribution in [-0.4, -0.2) is 53.6 Å². The first kappa shape index (κ1) is 13.6. The third-order valence-corrected chi connectivity index (χ3v) is 2.78. The van der Waals surface area contributed by atoms with Crippen molar-refractivity contribution in [1.29, 1.82) is 0 Å². The fourth-order valence-electron chi connectivity index (χ4n) is 1.91. The Balaban J connectivity index is 2.66. The minimum absolute atomic E-state index is 0.0415. The second kappa shape index (κ2) is 6.31. The Hall–Kier alpha value is -1.47. The van der Waals surface area contributed by atoms with Crippen LogP contribution in [-0.2, 0) is 14.4 Å². The number of hydrogen-bond donors (Lipinski definition) is 4. The van der Waals surface area contributed by atoms with Crippen LogP contribution in [0.3, 0.4) is 0 Å². The summed E-state index contributed by atoms with van der Waals surface area (Å²) in [5, 5.41) is 23.4. The Morgan fingerprint density at radius 2 is 1.94 bits per heavy atom. The molecule has 0 aromatic heterocycles. The molecular formula is C10H16N2O5. The number of piperazine rings is 1. The molecule has 0 amide bonds. The maximum absolute atomic E-state index is 11.5. The summed E-state index contributed by atoms with van der Waals surface area (Å²) in [5.41, 5.74) is 0. The van der Waals surface area contributed by atoms with Crippen molar-refractivity contribution < 1.29 is 24.6 Å². The number of carboxylic acid groups (broad SMARTS) is 2. The highest BCUT2D eigenvalue weighted by molar-refractivity contribution is 6.33. The molecule has 1 saturated heterocycles. The zero-order chi connectivity index (χ0) is 12.8. The first-order chi connectivity index (χ1) is 8.02. The van der Waals surface area contributed by atoms with Crippen molar-refractivity contribution in [2.24, 2.45) is 5.92 Å². The summed E-state index contributed by atoms with van der Waals surface area (Å²) in [6.45, 7) is 1.87. The second-order valence-electron chi connectivity index (χ2n) is 3.97. The number of Topliss-reactive ketones (excluding diaryl/α,β-unsaturated/α-hetero) is 1. The minimum Gasteiger partial charge on any atom is -0.481 e. The highest BCUT2D eigenvalue weighted by atomic mass is 16.4. The van der Waals surface area contributed by atoms with Crippen molar-refractivity contribution in [2.45, 2.75) is 18.9 Å². The molecule has 2 unspecified atom stereocenters. The number of carbonyl (C=O) groups is 3. The van der Waals surface area contributed by atoms with Gasteiger partial charge in [0.2, 0.25) is 5.78 Å². The number of carboxylic acids is 2. The first-order valence-electron chi connectivity index (χ1n) is 5.45.